The molecule has 0 amide bonds. The molecule has 0 aromatic rings. The van der Waals surface area contributed by atoms with Gasteiger partial charge in [-0.1, -0.05) is 20.3 Å². The highest BCUT2D eigenvalue weighted by Gasteiger charge is 2.39. The number of rotatable bonds is 2. The minimum absolute atomic E-state index is 0.0894. The molecule has 1 N–H and O–H groups in total. The molecule has 1 rings (SSSR count). The first-order chi connectivity index (χ1) is 6.36. The molecule has 0 spiro atoms. The molecule has 0 saturated heterocycles. The SMILES string of the molecule is CC(C)N(C)C1CCCC(C)(C)C1O. The van der Waals surface area contributed by atoms with E-state index in [1.54, 1.807) is 0 Å². The Morgan fingerprint density at radius 3 is 2.43 bits per heavy atom. The van der Waals surface area contributed by atoms with Gasteiger partial charge >= 0.3 is 0 Å². The minimum atomic E-state index is -0.177. The van der Waals surface area contributed by atoms with Gasteiger partial charge in [-0.2, -0.15) is 0 Å². The molecule has 1 aliphatic rings. The molecule has 1 aliphatic carbocycles. The summed E-state index contributed by atoms with van der Waals surface area (Å²) in [5.74, 6) is 0. The number of hydrogen-bond donors (Lipinski definition) is 1. The lowest BCUT2D eigenvalue weighted by molar-refractivity contribution is -0.0575. The van der Waals surface area contributed by atoms with Gasteiger partial charge in [-0.25, -0.2) is 0 Å². The highest BCUT2D eigenvalue weighted by atomic mass is 16.3. The van der Waals surface area contributed by atoms with Crippen LogP contribution in [0.2, 0.25) is 0 Å². The van der Waals surface area contributed by atoms with E-state index in [2.05, 4.69) is 39.6 Å². The molecular weight excluding hydrogens is 174 g/mol. The van der Waals surface area contributed by atoms with Crippen molar-refractivity contribution < 1.29 is 5.11 Å². The van der Waals surface area contributed by atoms with Crippen molar-refractivity contribution in [3.63, 3.8) is 0 Å². The Morgan fingerprint density at radius 1 is 1.36 bits per heavy atom. The number of nitrogens with zero attached hydrogens (tertiary/aromatic N) is 1. The Kier molecular flexibility index (Phi) is 3.59. The van der Waals surface area contributed by atoms with Gasteiger partial charge in [0.2, 0.25) is 0 Å². The minimum Gasteiger partial charge on any atom is -0.391 e. The molecule has 0 bridgehead atoms. The lowest BCUT2D eigenvalue weighted by Crippen LogP contribution is -2.52. The van der Waals surface area contributed by atoms with Crippen LogP contribution in [0, 0.1) is 5.41 Å². The molecule has 1 fully saturated rings. The Bertz CT molecular complexity index is 189. The third kappa shape index (κ3) is 2.29. The number of hydrogen-bond acceptors (Lipinski definition) is 2. The van der Waals surface area contributed by atoms with Crippen molar-refractivity contribution in [1.29, 1.82) is 0 Å². The van der Waals surface area contributed by atoms with Crippen LogP contribution in [-0.4, -0.2) is 35.2 Å². The third-order valence-electron chi connectivity index (χ3n) is 3.82. The second-order valence-corrected chi connectivity index (χ2v) is 5.65. The lowest BCUT2D eigenvalue weighted by Gasteiger charge is -2.45. The Hall–Kier alpha value is -0.0800. The van der Waals surface area contributed by atoms with Crippen LogP contribution in [0.5, 0.6) is 0 Å². The van der Waals surface area contributed by atoms with E-state index in [4.69, 9.17) is 0 Å². The van der Waals surface area contributed by atoms with Gasteiger partial charge in [-0.15, -0.1) is 0 Å². The van der Waals surface area contributed by atoms with Crippen LogP contribution in [0.1, 0.15) is 47.0 Å². The quantitative estimate of drug-likeness (QED) is 0.737. The van der Waals surface area contributed by atoms with Gasteiger partial charge < -0.3 is 5.11 Å². The molecule has 0 aromatic carbocycles. The zero-order chi connectivity index (χ0) is 10.9. The predicted octanol–water partition coefficient (Wildman–Crippen LogP) is 2.27. The Labute approximate surface area is 88.3 Å². The van der Waals surface area contributed by atoms with Crippen molar-refractivity contribution in [3.8, 4) is 0 Å². The molecule has 2 atom stereocenters. The fraction of sp³-hybridized carbons (Fsp3) is 1.00. The molecule has 2 heteroatoms. The number of aliphatic hydroxyl groups is 1. The average Bonchev–Trinajstić information content (AvgIpc) is 2.08. The van der Waals surface area contributed by atoms with Crippen molar-refractivity contribution >= 4 is 0 Å². The third-order valence-corrected chi connectivity index (χ3v) is 3.82. The summed E-state index contributed by atoms with van der Waals surface area (Å²) >= 11 is 0. The van der Waals surface area contributed by atoms with E-state index in [1.165, 1.54) is 6.42 Å². The van der Waals surface area contributed by atoms with Crippen LogP contribution >= 0.6 is 0 Å². The maximum Gasteiger partial charge on any atom is 0.0746 e. The first-order valence-electron chi connectivity index (χ1n) is 5.76. The van der Waals surface area contributed by atoms with Gasteiger partial charge in [0.25, 0.3) is 0 Å². The first-order valence-corrected chi connectivity index (χ1v) is 5.76. The normalized spacial score (nSPS) is 32.6. The Morgan fingerprint density at radius 2 is 1.93 bits per heavy atom. The van der Waals surface area contributed by atoms with Crippen LogP contribution in [0.3, 0.4) is 0 Å². The smallest absolute Gasteiger partial charge is 0.0746 e. The van der Waals surface area contributed by atoms with E-state index < -0.39 is 0 Å². The molecule has 84 valence electrons. The predicted molar refractivity (Wildman–Crippen MR) is 60.3 cm³/mol. The summed E-state index contributed by atoms with van der Waals surface area (Å²) in [6.45, 7) is 8.73. The topological polar surface area (TPSA) is 23.5 Å². The van der Waals surface area contributed by atoms with Crippen molar-refractivity contribution in [2.45, 2.75) is 65.1 Å². The first kappa shape index (κ1) is 12.0. The number of aliphatic hydroxyl groups excluding tert-OH is 1. The molecule has 14 heavy (non-hydrogen) atoms. The summed E-state index contributed by atoms with van der Waals surface area (Å²) in [5, 5.41) is 10.3. The van der Waals surface area contributed by atoms with E-state index in [-0.39, 0.29) is 11.5 Å². The molecule has 0 radical (unpaired) electrons. The van der Waals surface area contributed by atoms with E-state index in [0.717, 1.165) is 12.8 Å². The molecule has 2 unspecified atom stereocenters. The van der Waals surface area contributed by atoms with Gasteiger partial charge in [0.1, 0.15) is 0 Å². The van der Waals surface area contributed by atoms with Gasteiger partial charge in [-0.3, -0.25) is 4.90 Å². The Balaban J connectivity index is 2.70. The van der Waals surface area contributed by atoms with Crippen LogP contribution in [0.15, 0.2) is 0 Å². The summed E-state index contributed by atoms with van der Waals surface area (Å²) in [7, 11) is 2.12. The van der Waals surface area contributed by atoms with Crippen LogP contribution in [0.25, 0.3) is 0 Å². The van der Waals surface area contributed by atoms with Crippen molar-refractivity contribution in [2.75, 3.05) is 7.05 Å². The van der Waals surface area contributed by atoms with E-state index >= 15 is 0 Å². The van der Waals surface area contributed by atoms with E-state index in [0.29, 0.717) is 12.1 Å². The summed E-state index contributed by atoms with van der Waals surface area (Å²) in [5.41, 5.74) is 0.0894. The fourth-order valence-corrected chi connectivity index (χ4v) is 2.40. The van der Waals surface area contributed by atoms with Crippen molar-refractivity contribution in [2.24, 2.45) is 5.41 Å². The largest absolute Gasteiger partial charge is 0.391 e. The highest BCUT2D eigenvalue weighted by molar-refractivity contribution is 4.93. The standard InChI is InChI=1S/C12H25NO/c1-9(2)13(5)10-7-6-8-12(3,4)11(10)14/h9-11,14H,6-8H2,1-5H3. The molecule has 0 aliphatic heterocycles. The summed E-state index contributed by atoms with van der Waals surface area (Å²) < 4.78 is 0. The second kappa shape index (κ2) is 4.19. The molecule has 2 nitrogen and oxygen atoms in total. The van der Waals surface area contributed by atoms with Crippen molar-refractivity contribution in [1.82, 2.24) is 4.90 Å². The van der Waals surface area contributed by atoms with Gasteiger partial charge in [0, 0.05) is 12.1 Å². The maximum atomic E-state index is 10.3. The monoisotopic (exact) mass is 199 g/mol. The molecule has 1 saturated carbocycles. The summed E-state index contributed by atoms with van der Waals surface area (Å²) in [6, 6.07) is 0.863. The van der Waals surface area contributed by atoms with Crippen molar-refractivity contribution in [3.05, 3.63) is 0 Å². The highest BCUT2D eigenvalue weighted by Crippen LogP contribution is 2.37. The molecular formula is C12H25NO. The molecule has 0 heterocycles. The van der Waals surface area contributed by atoms with Crippen LogP contribution in [0.4, 0.5) is 0 Å². The van der Waals surface area contributed by atoms with E-state index in [9.17, 15) is 5.11 Å². The zero-order valence-electron chi connectivity index (χ0n) is 10.2. The fourth-order valence-electron chi connectivity index (χ4n) is 2.40. The van der Waals surface area contributed by atoms with Crippen LogP contribution in [-0.2, 0) is 0 Å². The molecule has 0 aromatic heterocycles. The summed E-state index contributed by atoms with van der Waals surface area (Å²) in [4.78, 5) is 2.31. The van der Waals surface area contributed by atoms with Gasteiger partial charge in [0.05, 0.1) is 6.10 Å². The van der Waals surface area contributed by atoms with Gasteiger partial charge in [-0.05, 0) is 39.2 Å². The average molecular weight is 199 g/mol. The van der Waals surface area contributed by atoms with E-state index in [1.807, 2.05) is 0 Å². The van der Waals surface area contributed by atoms with Crippen LogP contribution < -0.4 is 0 Å². The van der Waals surface area contributed by atoms with Gasteiger partial charge in [0.15, 0.2) is 0 Å². The lowest BCUT2D eigenvalue weighted by atomic mass is 9.72. The zero-order valence-corrected chi connectivity index (χ0v) is 10.2. The maximum absolute atomic E-state index is 10.3. The number of likely N-dealkylation sites (N-methyl/N-ethyl adjacent to an activating group) is 1. The second-order valence-electron chi connectivity index (χ2n) is 5.65. The summed E-state index contributed by atoms with van der Waals surface area (Å²) in [6.07, 6.45) is 3.35.